The number of hydrogen-bond acceptors (Lipinski definition) is 4. The predicted molar refractivity (Wildman–Crippen MR) is 112 cm³/mol. The van der Waals surface area contributed by atoms with Crippen molar-refractivity contribution in [2.75, 3.05) is 42.9 Å². The van der Waals surface area contributed by atoms with E-state index >= 15 is 0 Å². The summed E-state index contributed by atoms with van der Waals surface area (Å²) >= 11 is 1.44. The average Bonchev–Trinajstić information content (AvgIpc) is 3.23. The molecule has 1 fully saturated rings. The van der Waals surface area contributed by atoms with Crippen LogP contribution in [-0.2, 0) is 0 Å². The summed E-state index contributed by atoms with van der Waals surface area (Å²) in [6.07, 6.45) is 0. The van der Waals surface area contributed by atoms with Crippen LogP contribution in [0.4, 0.5) is 11.5 Å². The van der Waals surface area contributed by atoms with Crippen molar-refractivity contribution >= 4 is 39.7 Å². The number of quaternary nitrogens is 1. The molecule has 0 unspecified atom stereocenters. The van der Waals surface area contributed by atoms with Crippen LogP contribution in [0, 0.1) is 6.92 Å². The number of nitrogens with zero attached hydrogens (tertiary/aromatic N) is 2. The van der Waals surface area contributed by atoms with E-state index in [1.54, 1.807) is 4.90 Å². The van der Waals surface area contributed by atoms with Gasteiger partial charge in [0, 0.05) is 11.1 Å². The Morgan fingerprint density at radius 2 is 2.07 bits per heavy atom. The second-order valence-electron chi connectivity index (χ2n) is 7.05. The summed E-state index contributed by atoms with van der Waals surface area (Å²) in [5.74, 6) is 0.994. The molecule has 1 aliphatic rings. The molecule has 0 atom stereocenters. The Morgan fingerprint density at radius 3 is 2.78 bits per heavy atom. The van der Waals surface area contributed by atoms with Gasteiger partial charge in [-0.2, -0.15) is 0 Å². The molecule has 0 radical (unpaired) electrons. The van der Waals surface area contributed by atoms with E-state index in [9.17, 15) is 4.79 Å². The Labute approximate surface area is 163 Å². The van der Waals surface area contributed by atoms with Crippen molar-refractivity contribution in [2.45, 2.75) is 13.8 Å². The van der Waals surface area contributed by atoms with E-state index in [2.05, 4.69) is 30.1 Å². The number of nitrogens with one attached hydrogen (secondary N) is 2. The summed E-state index contributed by atoms with van der Waals surface area (Å²) in [5.41, 5.74) is 2.97. The van der Waals surface area contributed by atoms with Gasteiger partial charge in [-0.25, -0.2) is 4.98 Å². The first-order valence-corrected chi connectivity index (χ1v) is 10.4. The number of carbonyl (C=O) groups is 1. The summed E-state index contributed by atoms with van der Waals surface area (Å²) in [6.45, 7) is 10.0. The van der Waals surface area contributed by atoms with Crippen molar-refractivity contribution in [3.63, 3.8) is 0 Å². The highest BCUT2D eigenvalue weighted by Gasteiger charge is 2.20. The van der Waals surface area contributed by atoms with Crippen LogP contribution in [-0.4, -0.2) is 43.6 Å². The number of piperazine rings is 1. The van der Waals surface area contributed by atoms with Gasteiger partial charge in [-0.05, 0) is 55.1 Å². The number of thiophene rings is 1. The number of anilines is 2. The van der Waals surface area contributed by atoms with Crippen molar-refractivity contribution in [3.05, 3.63) is 52.2 Å². The SMILES string of the molecule is CC[NH+]1CCN(c2cc(C)c3cc(NC(=O)c4cccs4)ccc3n2)CC1. The smallest absolute Gasteiger partial charge is 0.265 e. The molecule has 140 valence electrons. The molecule has 2 N–H and O–H groups in total. The number of likely N-dealkylation sites (N-methyl/N-ethyl adjacent to an activating group) is 1. The molecule has 27 heavy (non-hydrogen) atoms. The third-order valence-corrected chi connectivity index (χ3v) is 6.17. The Hall–Kier alpha value is -2.44. The molecule has 1 aliphatic heterocycles. The summed E-state index contributed by atoms with van der Waals surface area (Å²) in [5, 5.41) is 5.98. The molecule has 1 saturated heterocycles. The van der Waals surface area contributed by atoms with E-state index in [1.807, 2.05) is 35.7 Å². The van der Waals surface area contributed by atoms with Gasteiger partial charge in [-0.1, -0.05) is 6.07 Å². The van der Waals surface area contributed by atoms with Crippen LogP contribution in [0.3, 0.4) is 0 Å². The highest BCUT2D eigenvalue weighted by Crippen LogP contribution is 2.26. The minimum absolute atomic E-state index is 0.0668. The number of carbonyl (C=O) groups excluding carboxylic acids is 1. The van der Waals surface area contributed by atoms with E-state index < -0.39 is 0 Å². The fraction of sp³-hybridized carbons (Fsp3) is 0.333. The van der Waals surface area contributed by atoms with Crippen LogP contribution in [0.1, 0.15) is 22.2 Å². The second-order valence-corrected chi connectivity index (χ2v) is 8.00. The van der Waals surface area contributed by atoms with Crippen molar-refractivity contribution in [2.24, 2.45) is 0 Å². The molecular weight excluding hydrogens is 356 g/mol. The molecule has 6 heteroatoms. The number of aromatic nitrogens is 1. The first-order valence-electron chi connectivity index (χ1n) is 9.49. The molecule has 0 spiro atoms. The van der Waals surface area contributed by atoms with Gasteiger partial charge in [-0.15, -0.1) is 11.3 Å². The largest absolute Gasteiger partial charge is 0.345 e. The Kier molecular flexibility index (Phi) is 5.09. The van der Waals surface area contributed by atoms with Crippen LogP contribution in [0.5, 0.6) is 0 Å². The maximum absolute atomic E-state index is 12.3. The highest BCUT2D eigenvalue weighted by molar-refractivity contribution is 7.12. The third kappa shape index (κ3) is 3.82. The number of fused-ring (bicyclic) bond motifs is 1. The molecule has 5 nitrogen and oxygen atoms in total. The number of hydrogen-bond donors (Lipinski definition) is 2. The maximum Gasteiger partial charge on any atom is 0.265 e. The van der Waals surface area contributed by atoms with Gasteiger partial charge < -0.3 is 15.1 Å². The minimum Gasteiger partial charge on any atom is -0.345 e. The summed E-state index contributed by atoms with van der Waals surface area (Å²) in [6, 6.07) is 11.8. The Bertz CT molecular complexity index is 946. The first kappa shape index (κ1) is 17.9. The van der Waals surface area contributed by atoms with Crippen LogP contribution in [0.25, 0.3) is 10.9 Å². The lowest BCUT2D eigenvalue weighted by molar-refractivity contribution is -0.898. The monoisotopic (exact) mass is 381 g/mol. The van der Waals surface area contributed by atoms with E-state index in [1.165, 1.54) is 36.5 Å². The van der Waals surface area contributed by atoms with Gasteiger partial charge in [0.15, 0.2) is 0 Å². The fourth-order valence-electron chi connectivity index (χ4n) is 3.62. The van der Waals surface area contributed by atoms with Crippen LogP contribution in [0.15, 0.2) is 41.8 Å². The lowest BCUT2D eigenvalue weighted by Gasteiger charge is -2.32. The number of benzene rings is 1. The number of pyridine rings is 1. The quantitative estimate of drug-likeness (QED) is 0.730. The molecular formula is C21H25N4OS+. The van der Waals surface area contributed by atoms with Gasteiger partial charge in [0.05, 0.1) is 43.1 Å². The van der Waals surface area contributed by atoms with Crippen molar-refractivity contribution < 1.29 is 9.69 Å². The summed E-state index contributed by atoms with van der Waals surface area (Å²) < 4.78 is 0. The maximum atomic E-state index is 12.3. The molecule has 1 amide bonds. The van der Waals surface area contributed by atoms with Gasteiger partial charge >= 0.3 is 0 Å². The molecule has 1 aromatic carbocycles. The minimum atomic E-state index is -0.0668. The van der Waals surface area contributed by atoms with Crippen molar-refractivity contribution in [1.82, 2.24) is 4.98 Å². The average molecular weight is 382 g/mol. The summed E-state index contributed by atoms with van der Waals surface area (Å²) in [7, 11) is 0. The fourth-order valence-corrected chi connectivity index (χ4v) is 4.24. The Balaban J connectivity index is 1.56. The highest BCUT2D eigenvalue weighted by atomic mass is 32.1. The third-order valence-electron chi connectivity index (χ3n) is 5.30. The van der Waals surface area contributed by atoms with Gasteiger partial charge in [0.2, 0.25) is 0 Å². The zero-order valence-electron chi connectivity index (χ0n) is 15.8. The summed E-state index contributed by atoms with van der Waals surface area (Å²) in [4.78, 5) is 21.9. The molecule has 4 rings (SSSR count). The number of amides is 1. The molecule has 3 aromatic rings. The van der Waals surface area contributed by atoms with E-state index in [4.69, 9.17) is 4.98 Å². The number of rotatable bonds is 4. The predicted octanol–water partition coefficient (Wildman–Crippen LogP) is 2.58. The van der Waals surface area contributed by atoms with Crippen LogP contribution < -0.4 is 15.1 Å². The molecule has 0 bridgehead atoms. The molecule has 2 aromatic heterocycles. The van der Waals surface area contributed by atoms with Crippen molar-refractivity contribution in [1.29, 1.82) is 0 Å². The normalized spacial score (nSPS) is 15.3. The van der Waals surface area contributed by atoms with E-state index in [-0.39, 0.29) is 5.91 Å². The van der Waals surface area contributed by atoms with E-state index in [0.29, 0.717) is 4.88 Å². The second kappa shape index (κ2) is 7.66. The lowest BCUT2D eigenvalue weighted by atomic mass is 10.1. The molecule has 0 aliphatic carbocycles. The van der Waals surface area contributed by atoms with Crippen molar-refractivity contribution in [3.8, 4) is 0 Å². The Morgan fingerprint density at radius 1 is 1.26 bits per heavy atom. The topological polar surface area (TPSA) is 49.7 Å². The first-order chi connectivity index (χ1) is 13.1. The number of aryl methyl sites for hydroxylation is 1. The standard InChI is InChI=1S/C21H24N4OS/c1-3-24-8-10-25(11-9-24)20-13-15(2)17-14-16(6-7-18(17)23-20)22-21(26)19-5-4-12-27-19/h4-7,12-14H,3,8-11H2,1-2H3,(H,22,26)/p+1. The van der Waals surface area contributed by atoms with Crippen LogP contribution in [0.2, 0.25) is 0 Å². The lowest BCUT2D eigenvalue weighted by Crippen LogP contribution is -3.14. The van der Waals surface area contributed by atoms with Crippen LogP contribution >= 0.6 is 11.3 Å². The van der Waals surface area contributed by atoms with Gasteiger partial charge in [-0.3, -0.25) is 4.79 Å². The van der Waals surface area contributed by atoms with Gasteiger partial charge in [0.1, 0.15) is 5.82 Å². The zero-order valence-corrected chi connectivity index (χ0v) is 16.6. The van der Waals surface area contributed by atoms with Gasteiger partial charge in [0.25, 0.3) is 5.91 Å². The zero-order chi connectivity index (χ0) is 18.8. The molecule has 3 heterocycles. The molecule has 0 saturated carbocycles. The van der Waals surface area contributed by atoms with E-state index in [0.717, 1.165) is 35.5 Å².